The first-order valence-corrected chi connectivity index (χ1v) is 13.0. The van der Waals surface area contributed by atoms with Crippen molar-refractivity contribution in [1.29, 1.82) is 0 Å². The number of allylic oxidation sites excluding steroid dienone is 6. The highest BCUT2D eigenvalue weighted by molar-refractivity contribution is 5.85. The van der Waals surface area contributed by atoms with Crippen LogP contribution in [-0.2, 0) is 26.3 Å². The van der Waals surface area contributed by atoms with Gasteiger partial charge in [-0.3, -0.25) is 4.79 Å². The Kier molecular flexibility index (Phi) is 12.5. The average molecular weight is 515 g/mol. The smallest absolute Gasteiger partial charge is 0.186 e. The number of methoxy groups -OCH3 is 1. The van der Waals surface area contributed by atoms with Gasteiger partial charge in [-0.2, -0.15) is 0 Å². The third-order valence-electron chi connectivity index (χ3n) is 5.81. The molecule has 0 spiro atoms. The van der Waals surface area contributed by atoms with E-state index in [4.69, 9.17) is 15.2 Å². The molecule has 2 aromatic rings. The molecule has 0 saturated carbocycles. The van der Waals surface area contributed by atoms with E-state index in [0.29, 0.717) is 24.2 Å². The van der Waals surface area contributed by atoms with Crippen LogP contribution in [0, 0.1) is 0 Å². The van der Waals surface area contributed by atoms with Crippen molar-refractivity contribution in [1.82, 2.24) is 0 Å². The number of carbonyl (C=O) groups excluding carboxylic acids is 1. The van der Waals surface area contributed by atoms with Crippen molar-refractivity contribution in [2.24, 2.45) is 10.7 Å². The predicted octanol–water partition coefficient (Wildman–Crippen LogP) is 7.30. The fourth-order valence-electron chi connectivity index (χ4n) is 3.66. The Morgan fingerprint density at radius 3 is 2.29 bits per heavy atom. The molecule has 2 aromatic carbocycles. The van der Waals surface area contributed by atoms with Crippen molar-refractivity contribution < 1.29 is 14.3 Å². The van der Waals surface area contributed by atoms with Crippen LogP contribution in [0.1, 0.15) is 64.2 Å². The van der Waals surface area contributed by atoms with E-state index in [2.05, 4.69) is 81.3 Å². The van der Waals surface area contributed by atoms with Crippen molar-refractivity contribution in [3.8, 4) is 0 Å². The molecule has 0 atom stereocenters. The van der Waals surface area contributed by atoms with E-state index in [1.54, 1.807) is 7.11 Å². The van der Waals surface area contributed by atoms with Gasteiger partial charge in [-0.05, 0) is 41.0 Å². The standard InChI is InChI=1S/C33H42N2O3/c1-7-8-14-27(28-17-19-29(20-18-28)33(3,4)5)16-15-25(2)21-32(34)35-30(24-37-6)31(22-36)38-23-26-12-10-9-11-13-26/h8-20,22H,7,21,23-24H2,1-6H3,(H2,34,35)/b14-8-,25-15+,27-16+,31-30?. The van der Waals surface area contributed by atoms with Gasteiger partial charge in [0.05, 0.1) is 6.61 Å². The van der Waals surface area contributed by atoms with Crippen molar-refractivity contribution in [3.63, 3.8) is 0 Å². The molecule has 2 rings (SSSR count). The summed E-state index contributed by atoms with van der Waals surface area (Å²) in [5.41, 5.74) is 12.3. The van der Waals surface area contributed by atoms with E-state index in [-0.39, 0.29) is 24.4 Å². The summed E-state index contributed by atoms with van der Waals surface area (Å²) in [6.45, 7) is 11.2. The number of hydrogen-bond donors (Lipinski definition) is 1. The van der Waals surface area contributed by atoms with Crippen molar-refractivity contribution in [2.75, 3.05) is 13.7 Å². The van der Waals surface area contributed by atoms with Gasteiger partial charge in [-0.25, -0.2) is 4.99 Å². The largest absolute Gasteiger partial charge is 0.483 e. The Morgan fingerprint density at radius 1 is 1.03 bits per heavy atom. The lowest BCUT2D eigenvalue weighted by Crippen LogP contribution is -2.14. The zero-order chi connectivity index (χ0) is 28.0. The van der Waals surface area contributed by atoms with E-state index < -0.39 is 0 Å². The summed E-state index contributed by atoms with van der Waals surface area (Å²) in [4.78, 5) is 16.2. The summed E-state index contributed by atoms with van der Waals surface area (Å²) in [6.07, 6.45) is 10.5. The van der Waals surface area contributed by atoms with E-state index in [1.807, 2.05) is 37.3 Å². The molecule has 0 amide bonds. The maximum atomic E-state index is 11.7. The molecule has 0 aromatic heterocycles. The second-order valence-corrected chi connectivity index (χ2v) is 10.2. The molecule has 5 nitrogen and oxygen atoms in total. The van der Waals surface area contributed by atoms with Gasteiger partial charge in [-0.1, -0.05) is 112 Å². The molecule has 0 aliphatic rings. The van der Waals surface area contributed by atoms with Gasteiger partial charge < -0.3 is 15.2 Å². The normalized spacial score (nSPS) is 14.0. The molecular weight excluding hydrogens is 472 g/mol. The van der Waals surface area contributed by atoms with Gasteiger partial charge >= 0.3 is 0 Å². The number of nitrogens with zero attached hydrogens (tertiary/aromatic N) is 1. The minimum atomic E-state index is 0.113. The van der Waals surface area contributed by atoms with Crippen LogP contribution >= 0.6 is 0 Å². The number of amidine groups is 1. The number of nitrogens with two attached hydrogens (primary N) is 1. The van der Waals surface area contributed by atoms with Crippen LogP contribution in [0.2, 0.25) is 0 Å². The molecule has 0 aliphatic heterocycles. The highest BCUT2D eigenvalue weighted by Crippen LogP contribution is 2.25. The van der Waals surface area contributed by atoms with Crippen molar-refractivity contribution in [3.05, 3.63) is 113 Å². The van der Waals surface area contributed by atoms with Crippen molar-refractivity contribution in [2.45, 2.75) is 59.5 Å². The van der Waals surface area contributed by atoms with Crippen LogP contribution in [0.15, 0.2) is 101 Å². The lowest BCUT2D eigenvalue weighted by molar-refractivity contribution is -0.108. The van der Waals surface area contributed by atoms with Crippen LogP contribution < -0.4 is 5.73 Å². The third-order valence-corrected chi connectivity index (χ3v) is 5.81. The molecule has 0 saturated heterocycles. The number of rotatable bonds is 13. The van der Waals surface area contributed by atoms with Gasteiger partial charge in [0.1, 0.15) is 18.1 Å². The molecule has 0 bridgehead atoms. The fourth-order valence-corrected chi connectivity index (χ4v) is 3.66. The topological polar surface area (TPSA) is 73.9 Å². The van der Waals surface area contributed by atoms with E-state index in [0.717, 1.165) is 28.7 Å². The lowest BCUT2D eigenvalue weighted by atomic mass is 9.86. The summed E-state index contributed by atoms with van der Waals surface area (Å²) < 4.78 is 11.0. The van der Waals surface area contributed by atoms with E-state index in [1.165, 1.54) is 5.56 Å². The SMILES string of the molecule is CC\C=C/C(=C\C=C(/C)CC(N)=NC(COC)=C(C=O)OCc1ccccc1)c1ccc(C(C)(C)C)cc1. The maximum absolute atomic E-state index is 11.7. The molecule has 5 heteroatoms. The Morgan fingerprint density at radius 2 is 1.71 bits per heavy atom. The molecule has 0 heterocycles. The first kappa shape index (κ1) is 30.5. The number of aldehydes is 1. The van der Waals surface area contributed by atoms with E-state index >= 15 is 0 Å². The molecule has 0 fully saturated rings. The number of ether oxygens (including phenoxy) is 2. The zero-order valence-electron chi connectivity index (χ0n) is 23.7. The van der Waals surface area contributed by atoms with Gasteiger partial charge in [0.2, 0.25) is 0 Å². The predicted molar refractivity (Wildman–Crippen MR) is 159 cm³/mol. The van der Waals surface area contributed by atoms with Crippen LogP contribution in [0.25, 0.3) is 5.57 Å². The molecule has 2 N–H and O–H groups in total. The number of carbonyl (C=O) groups is 1. The van der Waals surface area contributed by atoms with E-state index in [9.17, 15) is 4.79 Å². The number of benzene rings is 2. The van der Waals surface area contributed by atoms with Gasteiger partial charge in [-0.15, -0.1) is 0 Å². The summed E-state index contributed by atoms with van der Waals surface area (Å²) in [5, 5.41) is 0. The second kappa shape index (κ2) is 15.5. The molecule has 202 valence electrons. The first-order valence-electron chi connectivity index (χ1n) is 13.0. The Bertz CT molecular complexity index is 1180. The lowest BCUT2D eigenvalue weighted by Gasteiger charge is -2.19. The number of aliphatic imine (C=N–C) groups is 1. The molecule has 0 radical (unpaired) electrons. The summed E-state index contributed by atoms with van der Waals surface area (Å²) in [6, 6.07) is 18.4. The molecule has 0 unspecified atom stereocenters. The van der Waals surface area contributed by atoms with Gasteiger partial charge in [0.15, 0.2) is 12.0 Å². The zero-order valence-corrected chi connectivity index (χ0v) is 23.7. The summed E-state index contributed by atoms with van der Waals surface area (Å²) in [5.74, 6) is 0.493. The van der Waals surface area contributed by atoms with Gasteiger partial charge in [0.25, 0.3) is 0 Å². The maximum Gasteiger partial charge on any atom is 0.186 e. The minimum absolute atomic E-state index is 0.113. The second-order valence-electron chi connectivity index (χ2n) is 10.2. The minimum Gasteiger partial charge on any atom is -0.483 e. The summed E-state index contributed by atoms with van der Waals surface area (Å²) in [7, 11) is 1.54. The Labute approximate surface area is 228 Å². The Balaban J connectivity index is 2.24. The molecular formula is C33H42N2O3. The number of hydrogen-bond acceptors (Lipinski definition) is 4. The van der Waals surface area contributed by atoms with Crippen LogP contribution in [0.5, 0.6) is 0 Å². The Hall–Kier alpha value is -3.70. The third kappa shape index (κ3) is 10.3. The van der Waals surface area contributed by atoms with Crippen LogP contribution in [-0.4, -0.2) is 25.8 Å². The van der Waals surface area contributed by atoms with Gasteiger partial charge in [0, 0.05) is 13.5 Å². The van der Waals surface area contributed by atoms with Crippen molar-refractivity contribution >= 4 is 17.7 Å². The average Bonchev–Trinajstić information content (AvgIpc) is 2.89. The highest BCUT2D eigenvalue weighted by Gasteiger charge is 2.13. The van der Waals surface area contributed by atoms with Crippen LogP contribution in [0.4, 0.5) is 0 Å². The summed E-state index contributed by atoms with van der Waals surface area (Å²) >= 11 is 0. The quantitative estimate of drug-likeness (QED) is 0.0760. The fraction of sp³-hybridized carbons (Fsp3) is 0.333. The first-order chi connectivity index (χ1) is 18.2. The highest BCUT2D eigenvalue weighted by atomic mass is 16.5. The monoisotopic (exact) mass is 514 g/mol. The van der Waals surface area contributed by atoms with Crippen LogP contribution in [0.3, 0.4) is 0 Å². The molecule has 38 heavy (non-hydrogen) atoms. The molecule has 0 aliphatic carbocycles.